The summed E-state index contributed by atoms with van der Waals surface area (Å²) in [5.74, 6) is -1.09. The van der Waals surface area contributed by atoms with Gasteiger partial charge in [0.2, 0.25) is 5.91 Å². The molecule has 0 aliphatic rings. The van der Waals surface area contributed by atoms with E-state index in [1.54, 1.807) is 18.2 Å². The molecule has 0 atom stereocenters. The fourth-order valence-corrected chi connectivity index (χ4v) is 1.76. The van der Waals surface area contributed by atoms with Crippen molar-refractivity contribution in [3.05, 3.63) is 28.8 Å². The Morgan fingerprint density at radius 1 is 1.17 bits per heavy atom. The van der Waals surface area contributed by atoms with E-state index in [1.165, 1.54) is 0 Å². The second kappa shape index (κ2) is 9.77. The summed E-state index contributed by atoms with van der Waals surface area (Å²) >= 11 is 5.89. The zero-order valence-corrected chi connectivity index (χ0v) is 14.6. The Kier molecular flexibility index (Phi) is 8.05. The number of amides is 2. The van der Waals surface area contributed by atoms with Crippen LogP contribution >= 0.6 is 11.6 Å². The molecule has 0 spiro atoms. The molecule has 1 aromatic rings. The number of hydrogen-bond acceptors (Lipinski definition) is 5. The van der Waals surface area contributed by atoms with Gasteiger partial charge in [-0.2, -0.15) is 0 Å². The van der Waals surface area contributed by atoms with Crippen LogP contribution in [0.2, 0.25) is 5.02 Å². The molecule has 0 saturated heterocycles. The summed E-state index contributed by atoms with van der Waals surface area (Å²) in [6, 6.07) is 4.96. The molecule has 8 heteroatoms. The number of carbonyl (C=O) groups excluding carboxylic acids is 3. The van der Waals surface area contributed by atoms with E-state index in [0.717, 1.165) is 5.56 Å². The number of benzene rings is 1. The number of carbonyl (C=O) groups is 3. The van der Waals surface area contributed by atoms with Crippen LogP contribution in [-0.2, 0) is 19.1 Å². The molecule has 0 aromatic heterocycles. The molecule has 1 aromatic carbocycles. The maximum absolute atomic E-state index is 11.5. The van der Waals surface area contributed by atoms with Crippen molar-refractivity contribution in [2.45, 2.75) is 26.8 Å². The minimum absolute atomic E-state index is 0.0131. The first-order valence-corrected chi connectivity index (χ1v) is 7.76. The topological polar surface area (TPSA) is 93.7 Å². The van der Waals surface area contributed by atoms with Gasteiger partial charge in [0.15, 0.2) is 13.2 Å². The van der Waals surface area contributed by atoms with Gasteiger partial charge in [-0.3, -0.25) is 9.59 Å². The van der Waals surface area contributed by atoms with Crippen molar-refractivity contribution in [3.8, 4) is 5.75 Å². The molecule has 0 aliphatic carbocycles. The summed E-state index contributed by atoms with van der Waals surface area (Å²) in [6.45, 7) is 4.45. The van der Waals surface area contributed by atoms with Crippen LogP contribution in [0.5, 0.6) is 5.75 Å². The third-order valence-electron chi connectivity index (χ3n) is 2.75. The van der Waals surface area contributed by atoms with Crippen LogP contribution in [-0.4, -0.2) is 43.6 Å². The number of aryl methyl sites for hydroxylation is 1. The summed E-state index contributed by atoms with van der Waals surface area (Å²) in [5, 5.41) is 5.57. The van der Waals surface area contributed by atoms with Gasteiger partial charge in [-0.05, 0) is 44.5 Å². The van der Waals surface area contributed by atoms with Crippen LogP contribution in [0.25, 0.3) is 0 Å². The van der Waals surface area contributed by atoms with Gasteiger partial charge in [0.05, 0.1) is 6.54 Å². The summed E-state index contributed by atoms with van der Waals surface area (Å²) in [6.07, 6.45) is 0. The highest BCUT2D eigenvalue weighted by molar-refractivity contribution is 6.31. The lowest BCUT2D eigenvalue weighted by Crippen LogP contribution is -2.41. The van der Waals surface area contributed by atoms with E-state index in [0.29, 0.717) is 10.8 Å². The van der Waals surface area contributed by atoms with E-state index >= 15 is 0 Å². The molecule has 0 radical (unpaired) electrons. The van der Waals surface area contributed by atoms with Gasteiger partial charge in [0, 0.05) is 11.1 Å². The quantitative estimate of drug-likeness (QED) is 0.683. The number of esters is 1. The van der Waals surface area contributed by atoms with Crippen molar-refractivity contribution in [1.29, 1.82) is 0 Å². The largest absolute Gasteiger partial charge is 0.482 e. The molecule has 0 aliphatic heterocycles. The Labute approximate surface area is 145 Å². The van der Waals surface area contributed by atoms with Crippen LogP contribution in [0, 0.1) is 6.92 Å². The summed E-state index contributed by atoms with van der Waals surface area (Å²) < 4.78 is 10.0. The van der Waals surface area contributed by atoms with Crippen LogP contribution in [0.15, 0.2) is 18.2 Å². The number of ether oxygens (including phenoxy) is 2. The van der Waals surface area contributed by atoms with Crippen LogP contribution in [0.1, 0.15) is 19.4 Å². The lowest BCUT2D eigenvalue weighted by Gasteiger charge is -2.10. The molecule has 0 bridgehead atoms. The molecule has 24 heavy (non-hydrogen) atoms. The SMILES string of the molecule is Cc1cc(OCC(=O)OCC(=O)NCC(=O)NC(C)C)ccc1Cl. The Balaban J connectivity index is 2.24. The number of halogens is 1. The maximum atomic E-state index is 11.5. The molecular weight excluding hydrogens is 336 g/mol. The predicted molar refractivity (Wildman–Crippen MR) is 88.9 cm³/mol. The normalized spacial score (nSPS) is 10.2. The maximum Gasteiger partial charge on any atom is 0.344 e. The average molecular weight is 357 g/mol. The number of nitrogens with one attached hydrogen (secondary N) is 2. The van der Waals surface area contributed by atoms with Gasteiger partial charge in [-0.25, -0.2) is 4.79 Å². The average Bonchev–Trinajstić information content (AvgIpc) is 2.51. The Bertz CT molecular complexity index is 604. The van der Waals surface area contributed by atoms with Gasteiger partial charge in [0.25, 0.3) is 5.91 Å². The molecular formula is C16H21ClN2O5. The van der Waals surface area contributed by atoms with Gasteiger partial charge in [-0.15, -0.1) is 0 Å². The Morgan fingerprint density at radius 2 is 1.88 bits per heavy atom. The van der Waals surface area contributed by atoms with Crippen molar-refractivity contribution < 1.29 is 23.9 Å². The fraction of sp³-hybridized carbons (Fsp3) is 0.438. The van der Waals surface area contributed by atoms with Gasteiger partial charge < -0.3 is 20.1 Å². The molecule has 2 amide bonds. The first-order valence-electron chi connectivity index (χ1n) is 7.38. The van der Waals surface area contributed by atoms with Crippen molar-refractivity contribution in [3.63, 3.8) is 0 Å². The van der Waals surface area contributed by atoms with E-state index in [1.807, 2.05) is 20.8 Å². The first kappa shape index (κ1) is 19.8. The van der Waals surface area contributed by atoms with Crippen molar-refractivity contribution in [2.75, 3.05) is 19.8 Å². The monoisotopic (exact) mass is 356 g/mol. The summed E-state index contributed by atoms with van der Waals surface area (Å²) in [7, 11) is 0. The number of hydrogen-bond donors (Lipinski definition) is 2. The second-order valence-electron chi connectivity index (χ2n) is 5.36. The third-order valence-corrected chi connectivity index (χ3v) is 3.17. The summed E-state index contributed by atoms with van der Waals surface area (Å²) in [4.78, 5) is 34.3. The molecule has 0 heterocycles. The highest BCUT2D eigenvalue weighted by Gasteiger charge is 2.10. The first-order chi connectivity index (χ1) is 11.3. The van der Waals surface area contributed by atoms with E-state index in [2.05, 4.69) is 10.6 Å². The van der Waals surface area contributed by atoms with Crippen LogP contribution in [0.4, 0.5) is 0 Å². The summed E-state index contributed by atoms with van der Waals surface area (Å²) in [5.41, 5.74) is 0.821. The highest BCUT2D eigenvalue weighted by Crippen LogP contribution is 2.20. The fourth-order valence-electron chi connectivity index (χ4n) is 1.64. The van der Waals surface area contributed by atoms with Gasteiger partial charge >= 0.3 is 5.97 Å². The smallest absolute Gasteiger partial charge is 0.344 e. The Hall–Kier alpha value is -2.28. The molecule has 132 valence electrons. The van der Waals surface area contributed by atoms with E-state index < -0.39 is 18.5 Å². The van der Waals surface area contributed by atoms with Crippen LogP contribution < -0.4 is 15.4 Å². The third kappa shape index (κ3) is 7.82. The van der Waals surface area contributed by atoms with E-state index in [4.69, 9.17) is 21.1 Å². The second-order valence-corrected chi connectivity index (χ2v) is 5.77. The van der Waals surface area contributed by atoms with E-state index in [9.17, 15) is 14.4 Å². The van der Waals surface area contributed by atoms with Gasteiger partial charge in [-0.1, -0.05) is 11.6 Å². The molecule has 0 unspecified atom stereocenters. The highest BCUT2D eigenvalue weighted by atomic mass is 35.5. The zero-order chi connectivity index (χ0) is 18.1. The molecule has 0 fully saturated rings. The lowest BCUT2D eigenvalue weighted by molar-refractivity contribution is -0.150. The van der Waals surface area contributed by atoms with Crippen molar-refractivity contribution >= 4 is 29.4 Å². The van der Waals surface area contributed by atoms with Crippen molar-refractivity contribution in [2.24, 2.45) is 0 Å². The minimum atomic E-state index is -0.690. The Morgan fingerprint density at radius 3 is 2.50 bits per heavy atom. The lowest BCUT2D eigenvalue weighted by atomic mass is 10.2. The molecule has 0 saturated carbocycles. The predicted octanol–water partition coefficient (Wildman–Crippen LogP) is 1.21. The standard InChI is InChI=1S/C16H21ClN2O5/c1-10(2)19-14(20)7-18-15(21)8-24-16(22)9-23-12-4-5-13(17)11(3)6-12/h4-6,10H,7-9H2,1-3H3,(H,18,21)(H,19,20). The number of rotatable bonds is 8. The van der Waals surface area contributed by atoms with Crippen molar-refractivity contribution in [1.82, 2.24) is 10.6 Å². The molecule has 1 rings (SSSR count). The molecule has 2 N–H and O–H groups in total. The van der Waals surface area contributed by atoms with Gasteiger partial charge in [0.1, 0.15) is 5.75 Å². The zero-order valence-electron chi connectivity index (χ0n) is 13.8. The van der Waals surface area contributed by atoms with Crippen LogP contribution in [0.3, 0.4) is 0 Å². The van der Waals surface area contributed by atoms with E-state index in [-0.39, 0.29) is 25.1 Å². The molecule has 7 nitrogen and oxygen atoms in total. The minimum Gasteiger partial charge on any atom is -0.482 e.